The molecule has 9 nitrogen and oxygen atoms in total. The average Bonchev–Trinajstić information content (AvgIpc) is 3.32. The van der Waals surface area contributed by atoms with Gasteiger partial charge in [0.15, 0.2) is 0 Å². The number of benzene rings is 1. The quantitative estimate of drug-likeness (QED) is 0.240. The van der Waals surface area contributed by atoms with E-state index in [1.807, 2.05) is 0 Å². The van der Waals surface area contributed by atoms with Crippen LogP contribution < -0.4 is 10.6 Å². The Bertz CT molecular complexity index is 1290. The maximum Gasteiger partial charge on any atom is 0.489 e. The highest BCUT2D eigenvalue weighted by Crippen LogP contribution is 2.33. The molecule has 3 rings (SSSR count). The molecule has 0 saturated heterocycles. The molecule has 0 spiro atoms. The van der Waals surface area contributed by atoms with Crippen molar-refractivity contribution in [3.8, 4) is 11.3 Å². The Morgan fingerprint density at radius 3 is 2.33 bits per heavy atom. The van der Waals surface area contributed by atoms with Gasteiger partial charge in [0.05, 0.1) is 44.0 Å². The number of aliphatic hydroxyl groups excluding tert-OH is 3. The van der Waals surface area contributed by atoms with Crippen LogP contribution in [-0.2, 0) is 12.9 Å². The lowest BCUT2D eigenvalue weighted by Gasteiger charge is -2.20. The molecule has 5 N–H and O–H groups in total. The molecular weight excluding hydrogens is 536 g/mol. The number of hydrogen-bond acceptors (Lipinski definition) is 7. The smallest absolute Gasteiger partial charge is 0.394 e. The summed E-state index contributed by atoms with van der Waals surface area (Å²) in [7, 11) is 0. The van der Waals surface area contributed by atoms with Gasteiger partial charge in [0.1, 0.15) is 17.8 Å². The summed E-state index contributed by atoms with van der Waals surface area (Å²) in [5.74, 6) is -1.51. The van der Waals surface area contributed by atoms with Crippen molar-refractivity contribution < 1.29 is 46.5 Å². The summed E-state index contributed by atoms with van der Waals surface area (Å²) in [4.78, 5) is 20.6. The summed E-state index contributed by atoms with van der Waals surface area (Å²) in [6.07, 6.45) is -9.77. The molecule has 3 aromatic rings. The number of rotatable bonds is 10. The molecule has 0 aliphatic rings. The molecule has 0 aliphatic heterocycles. The lowest BCUT2D eigenvalue weighted by molar-refractivity contribution is -0.204. The number of nitrogens with zero attached hydrogens (tertiary/aromatic N) is 3. The van der Waals surface area contributed by atoms with Gasteiger partial charge in [-0.25, -0.2) is 9.97 Å². The zero-order valence-corrected chi connectivity index (χ0v) is 20.4. The van der Waals surface area contributed by atoms with Crippen molar-refractivity contribution in [3.05, 3.63) is 65.2 Å². The maximum absolute atomic E-state index is 13.9. The van der Waals surface area contributed by atoms with E-state index in [0.717, 1.165) is 18.0 Å². The number of alkyl halides is 6. The van der Waals surface area contributed by atoms with Crippen molar-refractivity contribution in [3.63, 3.8) is 0 Å². The number of hydrogen-bond donors (Lipinski definition) is 5. The fraction of sp³-hybridized carbons (Fsp3) is 0.375. The summed E-state index contributed by atoms with van der Waals surface area (Å²) >= 11 is 0. The number of aromatic nitrogens is 3. The number of carbonyl (C=O) groups excluding carboxylic acids is 1. The Hall–Kier alpha value is -3.69. The molecule has 1 aromatic carbocycles. The predicted molar refractivity (Wildman–Crippen MR) is 126 cm³/mol. The molecular formula is C24H25F6N5O4. The molecule has 1 unspecified atom stereocenters. The van der Waals surface area contributed by atoms with Gasteiger partial charge in [-0.3, -0.25) is 9.36 Å². The zero-order chi connectivity index (χ0) is 29.0. The van der Waals surface area contributed by atoms with Gasteiger partial charge in [0, 0.05) is 17.3 Å². The third kappa shape index (κ3) is 7.46. The van der Waals surface area contributed by atoms with Crippen molar-refractivity contribution in [2.24, 2.45) is 0 Å². The van der Waals surface area contributed by atoms with Crippen LogP contribution in [0.4, 0.5) is 32.2 Å². The van der Waals surface area contributed by atoms with E-state index in [9.17, 15) is 46.5 Å². The molecule has 0 aliphatic carbocycles. The number of aliphatic hydroxyl groups is 3. The molecule has 2 heterocycles. The third-order valence-electron chi connectivity index (χ3n) is 5.67. The third-order valence-corrected chi connectivity index (χ3v) is 5.67. The van der Waals surface area contributed by atoms with Crippen LogP contribution in [0.3, 0.4) is 0 Å². The number of nitrogens with one attached hydrogen (secondary N) is 2. The molecule has 0 saturated carbocycles. The highest BCUT2D eigenvalue weighted by atomic mass is 19.4. The monoisotopic (exact) mass is 561 g/mol. The van der Waals surface area contributed by atoms with Crippen LogP contribution in [-0.4, -0.2) is 61.2 Å². The van der Waals surface area contributed by atoms with Crippen molar-refractivity contribution in [2.45, 2.75) is 44.5 Å². The first kappa shape index (κ1) is 29.9. The fourth-order valence-corrected chi connectivity index (χ4v) is 3.90. The van der Waals surface area contributed by atoms with Crippen LogP contribution >= 0.6 is 0 Å². The largest absolute Gasteiger partial charge is 0.489 e. The molecule has 2 atom stereocenters. The lowest BCUT2D eigenvalue weighted by atomic mass is 10.0. The van der Waals surface area contributed by atoms with Crippen LogP contribution in [0.25, 0.3) is 11.3 Å². The second-order valence-corrected chi connectivity index (χ2v) is 8.63. The van der Waals surface area contributed by atoms with Gasteiger partial charge in [-0.15, -0.1) is 13.2 Å². The van der Waals surface area contributed by atoms with E-state index in [2.05, 4.69) is 20.6 Å². The lowest BCUT2D eigenvalue weighted by Crippen LogP contribution is -2.34. The zero-order valence-electron chi connectivity index (χ0n) is 20.4. The van der Waals surface area contributed by atoms with Crippen LogP contribution in [0, 0.1) is 6.92 Å². The minimum absolute atomic E-state index is 0.252. The van der Waals surface area contributed by atoms with E-state index >= 15 is 0 Å². The van der Waals surface area contributed by atoms with Gasteiger partial charge in [0.25, 0.3) is 5.91 Å². The molecule has 39 heavy (non-hydrogen) atoms. The van der Waals surface area contributed by atoms with Crippen molar-refractivity contribution in [2.75, 3.05) is 18.5 Å². The van der Waals surface area contributed by atoms with Gasteiger partial charge in [-0.05, 0) is 18.6 Å². The number of anilines is 1. The predicted octanol–water partition coefficient (Wildman–Crippen LogP) is 3.41. The molecule has 0 fully saturated rings. The maximum atomic E-state index is 13.9. The molecule has 15 heteroatoms. The first-order chi connectivity index (χ1) is 18.3. The second kappa shape index (κ2) is 12.0. The number of halogens is 6. The Kier molecular flexibility index (Phi) is 9.19. The highest BCUT2D eigenvalue weighted by Gasteiger charge is 2.36. The van der Waals surface area contributed by atoms with E-state index in [0.29, 0.717) is 11.8 Å². The van der Waals surface area contributed by atoms with Crippen molar-refractivity contribution in [1.29, 1.82) is 0 Å². The van der Waals surface area contributed by atoms with Gasteiger partial charge in [-0.2, -0.15) is 13.2 Å². The Morgan fingerprint density at radius 1 is 1.05 bits per heavy atom. The van der Waals surface area contributed by atoms with Crippen LogP contribution in [0.15, 0.2) is 42.9 Å². The van der Waals surface area contributed by atoms with Crippen LogP contribution in [0.2, 0.25) is 0 Å². The van der Waals surface area contributed by atoms with E-state index in [1.54, 1.807) is 31.2 Å². The normalized spacial score (nSPS) is 13.7. The minimum Gasteiger partial charge on any atom is -0.394 e. The average molecular weight is 561 g/mol. The van der Waals surface area contributed by atoms with E-state index in [-0.39, 0.29) is 27.2 Å². The first-order valence-electron chi connectivity index (χ1n) is 11.4. The van der Waals surface area contributed by atoms with Crippen LogP contribution in [0.5, 0.6) is 0 Å². The van der Waals surface area contributed by atoms with Crippen molar-refractivity contribution in [1.82, 2.24) is 19.9 Å². The number of aryl methyl sites for hydroxylation is 1. The van der Waals surface area contributed by atoms with Gasteiger partial charge in [0.2, 0.25) is 0 Å². The van der Waals surface area contributed by atoms with E-state index in [4.69, 9.17) is 0 Å². The molecule has 2 aromatic heterocycles. The topological polar surface area (TPSA) is 133 Å². The Labute approximate surface area is 218 Å². The minimum atomic E-state index is -5.06. The molecule has 212 valence electrons. The molecule has 0 bridgehead atoms. The van der Waals surface area contributed by atoms with Gasteiger partial charge >= 0.3 is 12.5 Å². The van der Waals surface area contributed by atoms with Gasteiger partial charge in [-0.1, -0.05) is 29.8 Å². The summed E-state index contributed by atoms with van der Waals surface area (Å²) in [6.45, 7) is -0.683. The summed E-state index contributed by atoms with van der Waals surface area (Å²) in [5, 5.41) is 33.6. The highest BCUT2D eigenvalue weighted by molar-refractivity contribution is 5.94. The van der Waals surface area contributed by atoms with E-state index < -0.39 is 62.4 Å². The fourth-order valence-electron chi connectivity index (χ4n) is 3.90. The number of carbonyl (C=O) groups is 1. The van der Waals surface area contributed by atoms with Gasteiger partial charge < -0.3 is 26.0 Å². The molecule has 1 amide bonds. The van der Waals surface area contributed by atoms with Crippen molar-refractivity contribution >= 4 is 11.7 Å². The SMILES string of the molecule is Cc1cccc([C@@H](CO)NC(=O)c2cc(-c3ncnc(NC(CO)CC(F)(F)F)c3CO)cn2C(F)(F)F)c1. The van der Waals surface area contributed by atoms with E-state index in [1.165, 1.54) is 0 Å². The summed E-state index contributed by atoms with van der Waals surface area (Å²) in [6, 6.07) is 4.92. The first-order valence-corrected chi connectivity index (χ1v) is 11.4. The molecule has 0 radical (unpaired) electrons. The standard InChI is InChI=1S/C24H25F6N5O4/c1-13-3-2-4-14(5-13)18(11-38)34-22(39)19-6-15(8-35(19)24(28,29)30)20-17(10-37)21(32-12-31-20)33-16(9-36)7-23(25,26)27/h2-6,8,12,16,18,36-38H,7,9-11H2,1H3,(H,34,39)(H,31,32,33)/t16?,18-/m1/s1. The second-order valence-electron chi connectivity index (χ2n) is 8.63. The Balaban J connectivity index is 2.01. The Morgan fingerprint density at radius 2 is 1.77 bits per heavy atom. The summed E-state index contributed by atoms with van der Waals surface area (Å²) < 4.78 is 79.8. The van der Waals surface area contributed by atoms with Crippen LogP contribution in [0.1, 0.15) is 39.6 Å². The summed E-state index contributed by atoms with van der Waals surface area (Å²) in [5.41, 5.74) is -0.442. The number of amides is 1.